The molecular weight excluding hydrogens is 170 g/mol. The van der Waals surface area contributed by atoms with Crippen LogP contribution in [0.25, 0.3) is 10.4 Å². The van der Waals surface area contributed by atoms with Gasteiger partial charge in [-0.3, -0.25) is 0 Å². The molecule has 0 aliphatic heterocycles. The van der Waals surface area contributed by atoms with Crippen LogP contribution < -0.4 is 0 Å². The molecule has 0 aromatic heterocycles. The number of hydrogen-bond donors (Lipinski definition) is 0. The van der Waals surface area contributed by atoms with Crippen molar-refractivity contribution < 1.29 is 0 Å². The maximum atomic E-state index is 8.26. The van der Waals surface area contributed by atoms with E-state index in [0.717, 1.165) is 10.6 Å². The summed E-state index contributed by atoms with van der Waals surface area (Å²) in [6.07, 6.45) is 0. The maximum absolute atomic E-state index is 8.26. The Morgan fingerprint density at radius 2 is 2.25 bits per heavy atom. The molecule has 62 valence electrons. The smallest absolute Gasteiger partial charge is 0.0511 e. The van der Waals surface area contributed by atoms with Crippen LogP contribution in [0.4, 0.5) is 5.69 Å². The minimum atomic E-state index is 0.715. The fourth-order valence-corrected chi connectivity index (χ4v) is 1.61. The number of rotatable bonds is 3. The second-order valence-corrected chi connectivity index (χ2v) is 3.40. The monoisotopic (exact) mass is 179 g/mol. The molecule has 0 unspecified atom stereocenters. The first kappa shape index (κ1) is 8.97. The molecule has 0 aliphatic carbocycles. The Morgan fingerprint density at radius 3 is 2.92 bits per heavy atom. The fourth-order valence-electron chi connectivity index (χ4n) is 0.866. The second-order valence-electron chi connectivity index (χ2n) is 2.09. The minimum absolute atomic E-state index is 0.715. The number of benzene rings is 1. The normalized spacial score (nSPS) is 9.08. The number of nitrogens with zero attached hydrogens (tertiary/aromatic N) is 3. The fraction of sp³-hybridized carbons (Fsp3) is 0.250. The van der Waals surface area contributed by atoms with Gasteiger partial charge in [-0.05, 0) is 17.4 Å². The van der Waals surface area contributed by atoms with Crippen LogP contribution in [-0.2, 0) is 0 Å². The zero-order valence-electron chi connectivity index (χ0n) is 6.77. The molecule has 0 saturated carbocycles. The van der Waals surface area contributed by atoms with E-state index < -0.39 is 0 Å². The van der Waals surface area contributed by atoms with Crippen molar-refractivity contribution in [1.82, 2.24) is 0 Å². The zero-order valence-corrected chi connectivity index (χ0v) is 7.58. The summed E-state index contributed by atoms with van der Waals surface area (Å²) in [5.41, 5.74) is 8.98. The molecule has 12 heavy (non-hydrogen) atoms. The molecule has 0 amide bonds. The lowest BCUT2D eigenvalue weighted by molar-refractivity contribution is 1.34. The van der Waals surface area contributed by atoms with Gasteiger partial charge in [0, 0.05) is 9.81 Å². The summed E-state index contributed by atoms with van der Waals surface area (Å²) in [5, 5.41) is 3.58. The third-order valence-corrected chi connectivity index (χ3v) is 2.26. The van der Waals surface area contributed by atoms with Gasteiger partial charge in [0.15, 0.2) is 0 Å². The van der Waals surface area contributed by atoms with Gasteiger partial charge in [0.25, 0.3) is 0 Å². The number of hydrogen-bond acceptors (Lipinski definition) is 2. The molecule has 0 saturated heterocycles. The molecule has 1 rings (SSSR count). The van der Waals surface area contributed by atoms with Gasteiger partial charge >= 0.3 is 0 Å². The van der Waals surface area contributed by atoms with Crippen molar-refractivity contribution in [3.63, 3.8) is 0 Å². The molecule has 0 spiro atoms. The van der Waals surface area contributed by atoms with Gasteiger partial charge in [0.05, 0.1) is 5.69 Å². The van der Waals surface area contributed by atoms with Crippen LogP contribution in [0.5, 0.6) is 0 Å². The lowest BCUT2D eigenvalue weighted by Crippen LogP contribution is -1.72. The van der Waals surface area contributed by atoms with Gasteiger partial charge in [0.2, 0.25) is 0 Å². The van der Waals surface area contributed by atoms with Crippen LogP contribution in [0.15, 0.2) is 34.3 Å². The van der Waals surface area contributed by atoms with Gasteiger partial charge in [-0.1, -0.05) is 30.2 Å². The highest BCUT2D eigenvalue weighted by molar-refractivity contribution is 7.99. The van der Waals surface area contributed by atoms with Gasteiger partial charge < -0.3 is 0 Å². The van der Waals surface area contributed by atoms with E-state index in [1.807, 2.05) is 24.3 Å². The van der Waals surface area contributed by atoms with E-state index in [9.17, 15) is 0 Å². The maximum Gasteiger partial charge on any atom is 0.0511 e. The van der Waals surface area contributed by atoms with Crippen LogP contribution in [0.1, 0.15) is 6.92 Å². The number of thioether (sulfide) groups is 1. The molecule has 4 heteroatoms. The van der Waals surface area contributed by atoms with Crippen molar-refractivity contribution in [2.45, 2.75) is 11.8 Å². The van der Waals surface area contributed by atoms with Gasteiger partial charge in [-0.25, -0.2) is 0 Å². The second kappa shape index (κ2) is 4.70. The van der Waals surface area contributed by atoms with Crippen molar-refractivity contribution in [1.29, 1.82) is 0 Å². The van der Waals surface area contributed by atoms with Gasteiger partial charge in [-0.15, -0.1) is 11.8 Å². The van der Waals surface area contributed by atoms with Crippen LogP contribution >= 0.6 is 11.8 Å². The Labute approximate surface area is 75.4 Å². The van der Waals surface area contributed by atoms with E-state index in [4.69, 9.17) is 5.53 Å². The average molecular weight is 179 g/mol. The minimum Gasteiger partial charge on any atom is -0.126 e. The summed E-state index contributed by atoms with van der Waals surface area (Å²) < 4.78 is 0. The predicted molar refractivity (Wildman–Crippen MR) is 51.6 cm³/mol. The molecule has 1 aromatic carbocycles. The van der Waals surface area contributed by atoms with Crippen molar-refractivity contribution in [3.05, 3.63) is 34.7 Å². The van der Waals surface area contributed by atoms with Crippen molar-refractivity contribution in [3.8, 4) is 0 Å². The van der Waals surface area contributed by atoms with Crippen LogP contribution in [0, 0.1) is 0 Å². The van der Waals surface area contributed by atoms with Crippen molar-refractivity contribution in [2.75, 3.05) is 5.75 Å². The van der Waals surface area contributed by atoms with E-state index in [1.54, 1.807) is 11.8 Å². The Balaban J connectivity index is 2.99. The van der Waals surface area contributed by atoms with E-state index in [-0.39, 0.29) is 0 Å². The quantitative estimate of drug-likeness (QED) is 0.302. The SMILES string of the molecule is CCSc1ccccc1N=[N+]=[N-]. The van der Waals surface area contributed by atoms with E-state index in [1.165, 1.54) is 0 Å². The molecule has 0 atom stereocenters. The van der Waals surface area contributed by atoms with Gasteiger partial charge in [-0.2, -0.15) is 0 Å². The molecule has 0 radical (unpaired) electrons. The van der Waals surface area contributed by atoms with Gasteiger partial charge in [0.1, 0.15) is 0 Å². The molecule has 1 aromatic rings. The molecule has 0 fully saturated rings. The first-order valence-corrected chi connectivity index (χ1v) is 4.64. The van der Waals surface area contributed by atoms with E-state index >= 15 is 0 Å². The largest absolute Gasteiger partial charge is 0.126 e. The highest BCUT2D eigenvalue weighted by Gasteiger charge is 1.96. The molecule has 0 N–H and O–H groups in total. The zero-order chi connectivity index (χ0) is 8.81. The molecule has 0 aliphatic rings. The summed E-state index contributed by atoms with van der Waals surface area (Å²) in [6, 6.07) is 7.58. The van der Waals surface area contributed by atoms with Crippen LogP contribution in [0.2, 0.25) is 0 Å². The third-order valence-electron chi connectivity index (χ3n) is 1.32. The summed E-state index contributed by atoms with van der Waals surface area (Å²) in [7, 11) is 0. The first-order valence-electron chi connectivity index (χ1n) is 3.65. The lowest BCUT2D eigenvalue weighted by Gasteiger charge is -2.00. The molecule has 3 nitrogen and oxygen atoms in total. The lowest BCUT2D eigenvalue weighted by atomic mass is 10.3. The van der Waals surface area contributed by atoms with Crippen LogP contribution in [-0.4, -0.2) is 5.75 Å². The molecular formula is C8H9N3S. The molecule has 0 bridgehead atoms. The summed E-state index contributed by atoms with van der Waals surface area (Å²) in [4.78, 5) is 3.80. The van der Waals surface area contributed by atoms with E-state index in [2.05, 4.69) is 16.9 Å². The summed E-state index contributed by atoms with van der Waals surface area (Å²) in [6.45, 7) is 2.07. The summed E-state index contributed by atoms with van der Waals surface area (Å²) >= 11 is 1.68. The Kier molecular flexibility index (Phi) is 3.51. The molecule has 0 heterocycles. The predicted octanol–water partition coefficient (Wildman–Crippen LogP) is 3.74. The summed E-state index contributed by atoms with van der Waals surface area (Å²) in [5.74, 6) is 0.984. The first-order chi connectivity index (χ1) is 5.88. The standard InChI is InChI=1S/C8H9N3S/c1-2-12-8-6-4-3-5-7(8)10-11-9/h3-6H,2H2,1H3. The van der Waals surface area contributed by atoms with E-state index in [0.29, 0.717) is 5.69 Å². The highest BCUT2D eigenvalue weighted by atomic mass is 32.2. The topological polar surface area (TPSA) is 48.8 Å². The van der Waals surface area contributed by atoms with Crippen molar-refractivity contribution >= 4 is 17.4 Å². The van der Waals surface area contributed by atoms with Crippen molar-refractivity contribution in [2.24, 2.45) is 5.11 Å². The third kappa shape index (κ3) is 2.19. The number of azide groups is 1. The Bertz CT molecular complexity index is 305. The Morgan fingerprint density at radius 1 is 1.50 bits per heavy atom. The average Bonchev–Trinajstić information content (AvgIpc) is 2.09. The highest BCUT2D eigenvalue weighted by Crippen LogP contribution is 2.28. The van der Waals surface area contributed by atoms with Crippen LogP contribution in [0.3, 0.4) is 0 Å². The Hall–Kier alpha value is -1.12.